The summed E-state index contributed by atoms with van der Waals surface area (Å²) < 4.78 is 0. The standard InChI is InChI=1S/C16H21NO3/c1-2-4-14(16(19)20)17-15(18)13-9-7-12(8-10-13)11-5-3-6-11/h7-11,14H,2-6H2,1H3,(H,17,18)(H,19,20). The smallest absolute Gasteiger partial charge is 0.326 e. The van der Waals surface area contributed by atoms with Gasteiger partial charge in [-0.05, 0) is 42.9 Å². The number of amides is 1. The third kappa shape index (κ3) is 3.38. The largest absolute Gasteiger partial charge is 0.480 e. The lowest BCUT2D eigenvalue weighted by atomic mass is 9.80. The first-order chi connectivity index (χ1) is 9.61. The summed E-state index contributed by atoms with van der Waals surface area (Å²) in [6.45, 7) is 1.90. The maximum atomic E-state index is 12.0. The molecule has 1 unspecified atom stereocenters. The van der Waals surface area contributed by atoms with Gasteiger partial charge in [-0.25, -0.2) is 4.79 Å². The molecule has 1 atom stereocenters. The summed E-state index contributed by atoms with van der Waals surface area (Å²) >= 11 is 0. The van der Waals surface area contributed by atoms with Crippen LogP contribution in [0.1, 0.15) is 60.9 Å². The van der Waals surface area contributed by atoms with Gasteiger partial charge in [0.15, 0.2) is 0 Å². The Balaban J connectivity index is 1.99. The van der Waals surface area contributed by atoms with Gasteiger partial charge in [0.05, 0.1) is 0 Å². The number of carboxylic acid groups (broad SMARTS) is 1. The van der Waals surface area contributed by atoms with Gasteiger partial charge in [-0.3, -0.25) is 4.79 Å². The van der Waals surface area contributed by atoms with Gasteiger partial charge in [0.1, 0.15) is 6.04 Å². The van der Waals surface area contributed by atoms with Crippen molar-refractivity contribution in [2.24, 2.45) is 0 Å². The molecule has 4 nitrogen and oxygen atoms in total. The van der Waals surface area contributed by atoms with Crippen molar-refractivity contribution in [1.82, 2.24) is 5.32 Å². The van der Waals surface area contributed by atoms with E-state index in [9.17, 15) is 9.59 Å². The normalized spacial score (nSPS) is 16.2. The zero-order chi connectivity index (χ0) is 14.5. The first kappa shape index (κ1) is 14.6. The van der Waals surface area contributed by atoms with Gasteiger partial charge in [-0.15, -0.1) is 0 Å². The van der Waals surface area contributed by atoms with Crippen LogP contribution in [0.4, 0.5) is 0 Å². The summed E-state index contributed by atoms with van der Waals surface area (Å²) in [5, 5.41) is 11.6. The Bertz CT molecular complexity index is 477. The van der Waals surface area contributed by atoms with Crippen LogP contribution >= 0.6 is 0 Å². The van der Waals surface area contributed by atoms with Gasteiger partial charge in [0.25, 0.3) is 5.91 Å². The molecule has 0 bridgehead atoms. The van der Waals surface area contributed by atoms with Crippen molar-refractivity contribution in [2.75, 3.05) is 0 Å². The number of carbonyl (C=O) groups is 2. The van der Waals surface area contributed by atoms with Crippen LogP contribution in [0.5, 0.6) is 0 Å². The molecule has 0 aromatic heterocycles. The average Bonchev–Trinajstić information content (AvgIpc) is 2.36. The molecular formula is C16H21NO3. The molecule has 1 aliphatic carbocycles. The van der Waals surface area contributed by atoms with Gasteiger partial charge in [0.2, 0.25) is 0 Å². The van der Waals surface area contributed by atoms with Gasteiger partial charge in [-0.1, -0.05) is 31.9 Å². The van der Waals surface area contributed by atoms with E-state index in [1.165, 1.54) is 24.8 Å². The third-order valence-electron chi connectivity index (χ3n) is 3.93. The van der Waals surface area contributed by atoms with Crippen molar-refractivity contribution in [3.63, 3.8) is 0 Å². The summed E-state index contributed by atoms with van der Waals surface area (Å²) in [6.07, 6.45) is 4.90. The predicted molar refractivity (Wildman–Crippen MR) is 76.8 cm³/mol. The second-order valence-corrected chi connectivity index (χ2v) is 5.40. The molecule has 4 heteroatoms. The van der Waals surface area contributed by atoms with Crippen LogP contribution in [0.2, 0.25) is 0 Å². The van der Waals surface area contributed by atoms with Crippen LogP contribution in [0.25, 0.3) is 0 Å². The lowest BCUT2D eigenvalue weighted by molar-refractivity contribution is -0.139. The highest BCUT2D eigenvalue weighted by Crippen LogP contribution is 2.36. The van der Waals surface area contributed by atoms with E-state index in [0.29, 0.717) is 17.9 Å². The minimum atomic E-state index is -0.980. The van der Waals surface area contributed by atoms with Gasteiger partial charge in [0, 0.05) is 5.56 Å². The number of benzene rings is 1. The minimum absolute atomic E-state index is 0.314. The molecule has 1 amide bonds. The van der Waals surface area contributed by atoms with Crippen molar-refractivity contribution < 1.29 is 14.7 Å². The van der Waals surface area contributed by atoms with Crippen LogP contribution in [-0.4, -0.2) is 23.0 Å². The van der Waals surface area contributed by atoms with Gasteiger partial charge in [-0.2, -0.15) is 0 Å². The molecule has 1 aromatic carbocycles. The topological polar surface area (TPSA) is 66.4 Å². The summed E-state index contributed by atoms with van der Waals surface area (Å²) in [4.78, 5) is 23.1. The molecule has 0 radical (unpaired) electrons. The van der Waals surface area contributed by atoms with E-state index in [0.717, 1.165) is 6.42 Å². The molecule has 1 aliphatic rings. The van der Waals surface area contributed by atoms with Crippen LogP contribution in [0.3, 0.4) is 0 Å². The SMILES string of the molecule is CCCC(NC(=O)c1ccc(C2CCC2)cc1)C(=O)O. The molecule has 1 fully saturated rings. The molecular weight excluding hydrogens is 254 g/mol. The third-order valence-corrected chi connectivity index (χ3v) is 3.93. The second kappa shape index (κ2) is 6.55. The Morgan fingerprint density at radius 2 is 1.95 bits per heavy atom. The fraction of sp³-hybridized carbons (Fsp3) is 0.500. The number of rotatable bonds is 6. The van der Waals surface area contributed by atoms with Gasteiger partial charge >= 0.3 is 5.97 Å². The number of carbonyl (C=O) groups excluding carboxylic acids is 1. The second-order valence-electron chi connectivity index (χ2n) is 5.40. The van der Waals surface area contributed by atoms with Crippen LogP contribution in [-0.2, 0) is 4.79 Å². The Kier molecular flexibility index (Phi) is 4.77. The molecule has 20 heavy (non-hydrogen) atoms. The Hall–Kier alpha value is -1.84. The van der Waals surface area contributed by atoms with Crippen LogP contribution < -0.4 is 5.32 Å². The highest BCUT2D eigenvalue weighted by molar-refractivity contribution is 5.96. The number of hydrogen-bond donors (Lipinski definition) is 2. The molecule has 0 saturated heterocycles. The van der Waals surface area contributed by atoms with E-state index in [1.807, 2.05) is 19.1 Å². The Labute approximate surface area is 119 Å². The first-order valence-corrected chi connectivity index (χ1v) is 7.25. The van der Waals surface area contributed by atoms with Crippen molar-refractivity contribution in [1.29, 1.82) is 0 Å². The number of hydrogen-bond acceptors (Lipinski definition) is 2. The monoisotopic (exact) mass is 275 g/mol. The lowest BCUT2D eigenvalue weighted by Crippen LogP contribution is -2.40. The maximum absolute atomic E-state index is 12.0. The van der Waals surface area contributed by atoms with E-state index in [-0.39, 0.29) is 5.91 Å². The summed E-state index contributed by atoms with van der Waals surface area (Å²) in [6, 6.07) is 6.73. The van der Waals surface area contributed by atoms with E-state index in [4.69, 9.17) is 5.11 Å². The summed E-state index contributed by atoms with van der Waals surface area (Å²) in [7, 11) is 0. The number of aliphatic carboxylic acids is 1. The van der Waals surface area contributed by atoms with E-state index >= 15 is 0 Å². The lowest BCUT2D eigenvalue weighted by Gasteiger charge is -2.25. The molecule has 2 N–H and O–H groups in total. The molecule has 0 heterocycles. The molecule has 2 rings (SSSR count). The fourth-order valence-electron chi connectivity index (χ4n) is 2.44. The van der Waals surface area contributed by atoms with Crippen molar-refractivity contribution in [2.45, 2.75) is 51.0 Å². The molecule has 1 aromatic rings. The highest BCUT2D eigenvalue weighted by Gasteiger charge is 2.21. The van der Waals surface area contributed by atoms with E-state index in [2.05, 4.69) is 5.32 Å². The van der Waals surface area contributed by atoms with Crippen molar-refractivity contribution in [3.05, 3.63) is 35.4 Å². The summed E-state index contributed by atoms with van der Waals surface area (Å²) in [5.74, 6) is -0.656. The van der Waals surface area contributed by atoms with Crippen molar-refractivity contribution in [3.8, 4) is 0 Å². The molecule has 1 saturated carbocycles. The zero-order valence-corrected chi connectivity index (χ0v) is 11.8. The molecule has 108 valence electrons. The Morgan fingerprint density at radius 1 is 1.30 bits per heavy atom. The number of nitrogens with one attached hydrogen (secondary N) is 1. The highest BCUT2D eigenvalue weighted by atomic mass is 16.4. The molecule has 0 aliphatic heterocycles. The minimum Gasteiger partial charge on any atom is -0.480 e. The Morgan fingerprint density at radius 3 is 2.40 bits per heavy atom. The summed E-state index contributed by atoms with van der Waals surface area (Å²) in [5.41, 5.74) is 1.80. The zero-order valence-electron chi connectivity index (χ0n) is 11.8. The number of carboxylic acids is 1. The van der Waals surface area contributed by atoms with E-state index in [1.54, 1.807) is 12.1 Å². The fourth-order valence-corrected chi connectivity index (χ4v) is 2.44. The maximum Gasteiger partial charge on any atom is 0.326 e. The first-order valence-electron chi connectivity index (χ1n) is 7.25. The molecule has 0 spiro atoms. The van der Waals surface area contributed by atoms with Crippen LogP contribution in [0, 0.1) is 0 Å². The van der Waals surface area contributed by atoms with Crippen molar-refractivity contribution >= 4 is 11.9 Å². The van der Waals surface area contributed by atoms with Crippen LogP contribution in [0.15, 0.2) is 24.3 Å². The average molecular weight is 275 g/mol. The predicted octanol–water partition coefficient (Wildman–Crippen LogP) is 2.94. The quantitative estimate of drug-likeness (QED) is 0.838. The van der Waals surface area contributed by atoms with Gasteiger partial charge < -0.3 is 10.4 Å². The van der Waals surface area contributed by atoms with E-state index < -0.39 is 12.0 Å².